The predicted octanol–water partition coefficient (Wildman–Crippen LogP) is 1.89. The molecule has 72 valence electrons. The zero-order valence-electron chi connectivity index (χ0n) is 7.66. The van der Waals surface area contributed by atoms with Gasteiger partial charge in [0.1, 0.15) is 0 Å². The van der Waals surface area contributed by atoms with E-state index in [1.54, 1.807) is 0 Å². The molecule has 1 rings (SSSR count). The minimum absolute atomic E-state index is 0.455. The molecule has 4 heteroatoms. The summed E-state index contributed by atoms with van der Waals surface area (Å²) < 4.78 is 0. The summed E-state index contributed by atoms with van der Waals surface area (Å²) in [6.45, 7) is 0.579. The Morgan fingerprint density at radius 1 is 1.36 bits per heavy atom. The number of hydrogen-bond acceptors (Lipinski definition) is 2. The van der Waals surface area contributed by atoms with Crippen LogP contribution in [0.2, 0.25) is 0 Å². The van der Waals surface area contributed by atoms with Crippen LogP contribution in [0.25, 0.3) is 0 Å². The molecule has 2 N–H and O–H groups in total. The number of hydrogen-bond donors (Lipinski definition) is 2. The Balaban J connectivity index is 2.32. The Morgan fingerprint density at radius 3 is 2.71 bits per heavy atom. The second-order valence-electron chi connectivity index (χ2n) is 2.66. The Hall–Kier alpha value is -1.60. The molecule has 0 unspecified atom stereocenters. The molecule has 0 saturated carbocycles. The third-order valence-corrected chi connectivity index (χ3v) is 1.80. The quantitative estimate of drug-likeness (QED) is 0.584. The lowest BCUT2D eigenvalue weighted by molar-refractivity contribution is 0.905. The standard InChI is InChI=1S/C10H11N3S/c11-7-4-8-12-10(14)13-9-5-2-1-3-6-9/h1-3,5-6H,4,8H2,(H2,12,13,14). The van der Waals surface area contributed by atoms with Crippen LogP contribution in [0.3, 0.4) is 0 Å². The number of thiocarbonyl (C=S) groups is 1. The first-order valence-electron chi connectivity index (χ1n) is 4.30. The van der Waals surface area contributed by atoms with Gasteiger partial charge in [0, 0.05) is 12.2 Å². The van der Waals surface area contributed by atoms with E-state index in [0.29, 0.717) is 18.1 Å². The highest BCUT2D eigenvalue weighted by Gasteiger charge is 1.94. The zero-order chi connectivity index (χ0) is 10.2. The zero-order valence-corrected chi connectivity index (χ0v) is 8.47. The molecule has 0 radical (unpaired) electrons. The van der Waals surface area contributed by atoms with Crippen molar-refractivity contribution in [1.29, 1.82) is 5.26 Å². The van der Waals surface area contributed by atoms with Gasteiger partial charge in [-0.1, -0.05) is 18.2 Å². The summed E-state index contributed by atoms with van der Waals surface area (Å²) in [7, 11) is 0. The van der Waals surface area contributed by atoms with Crippen LogP contribution >= 0.6 is 12.2 Å². The molecule has 0 spiro atoms. The largest absolute Gasteiger partial charge is 0.361 e. The van der Waals surface area contributed by atoms with Crippen molar-refractivity contribution in [3.05, 3.63) is 30.3 Å². The maximum atomic E-state index is 8.32. The third kappa shape index (κ3) is 3.87. The van der Waals surface area contributed by atoms with Crippen LogP contribution in [0.15, 0.2) is 30.3 Å². The number of nitriles is 1. The van der Waals surface area contributed by atoms with Gasteiger partial charge in [0.25, 0.3) is 0 Å². The smallest absolute Gasteiger partial charge is 0.170 e. The summed E-state index contributed by atoms with van der Waals surface area (Å²) in [4.78, 5) is 0. The van der Waals surface area contributed by atoms with E-state index in [9.17, 15) is 0 Å². The van der Waals surface area contributed by atoms with Gasteiger partial charge >= 0.3 is 0 Å². The second kappa shape index (κ2) is 5.95. The summed E-state index contributed by atoms with van der Waals surface area (Å²) in [5, 5.41) is 14.8. The van der Waals surface area contributed by atoms with Gasteiger partial charge in [-0.05, 0) is 24.4 Å². The maximum absolute atomic E-state index is 8.32. The number of nitrogens with zero attached hydrogens (tertiary/aromatic N) is 1. The van der Waals surface area contributed by atoms with E-state index in [1.165, 1.54) is 0 Å². The normalized spacial score (nSPS) is 8.79. The Morgan fingerprint density at radius 2 is 2.07 bits per heavy atom. The van der Waals surface area contributed by atoms with E-state index in [4.69, 9.17) is 17.5 Å². The summed E-state index contributed by atoms with van der Waals surface area (Å²) in [5.41, 5.74) is 0.946. The number of benzene rings is 1. The average Bonchev–Trinajstić information content (AvgIpc) is 2.20. The van der Waals surface area contributed by atoms with Gasteiger partial charge in [-0.15, -0.1) is 0 Å². The van der Waals surface area contributed by atoms with Crippen molar-refractivity contribution < 1.29 is 0 Å². The van der Waals surface area contributed by atoms with Gasteiger partial charge in [0.2, 0.25) is 0 Å². The van der Waals surface area contributed by atoms with Gasteiger partial charge in [-0.3, -0.25) is 0 Å². The summed E-state index contributed by atoms with van der Waals surface area (Å²) in [6, 6.07) is 11.7. The molecule has 0 saturated heterocycles. The van der Waals surface area contributed by atoms with Crippen LogP contribution in [0, 0.1) is 11.3 Å². The second-order valence-corrected chi connectivity index (χ2v) is 3.06. The van der Waals surface area contributed by atoms with Gasteiger partial charge in [0.05, 0.1) is 12.5 Å². The molecular weight excluding hydrogens is 194 g/mol. The topological polar surface area (TPSA) is 47.9 Å². The van der Waals surface area contributed by atoms with Gasteiger partial charge in [-0.2, -0.15) is 5.26 Å². The fourth-order valence-electron chi connectivity index (χ4n) is 0.929. The molecule has 0 bridgehead atoms. The van der Waals surface area contributed by atoms with Crippen LogP contribution < -0.4 is 10.6 Å². The first-order chi connectivity index (χ1) is 6.83. The lowest BCUT2D eigenvalue weighted by Gasteiger charge is -2.08. The monoisotopic (exact) mass is 205 g/mol. The van der Waals surface area contributed by atoms with E-state index in [-0.39, 0.29) is 0 Å². The first-order valence-corrected chi connectivity index (χ1v) is 4.70. The van der Waals surface area contributed by atoms with Gasteiger partial charge < -0.3 is 10.6 Å². The van der Waals surface area contributed by atoms with Crippen LogP contribution in [0.1, 0.15) is 6.42 Å². The highest BCUT2D eigenvalue weighted by atomic mass is 32.1. The van der Waals surface area contributed by atoms with Crippen LogP contribution in [0.5, 0.6) is 0 Å². The molecule has 0 aliphatic heterocycles. The van der Waals surface area contributed by atoms with Crippen LogP contribution in [-0.4, -0.2) is 11.7 Å². The number of anilines is 1. The van der Waals surface area contributed by atoms with E-state index >= 15 is 0 Å². The minimum atomic E-state index is 0.455. The summed E-state index contributed by atoms with van der Waals surface area (Å²) in [6.07, 6.45) is 0.455. The molecule has 0 fully saturated rings. The molecule has 0 aromatic heterocycles. The minimum Gasteiger partial charge on any atom is -0.361 e. The van der Waals surface area contributed by atoms with Crippen molar-refractivity contribution in [2.75, 3.05) is 11.9 Å². The average molecular weight is 205 g/mol. The van der Waals surface area contributed by atoms with E-state index in [2.05, 4.69) is 10.6 Å². The molecule has 0 heterocycles. The number of rotatable bonds is 3. The van der Waals surface area contributed by atoms with Crippen molar-refractivity contribution >= 4 is 23.0 Å². The molecule has 3 nitrogen and oxygen atoms in total. The molecule has 1 aromatic carbocycles. The fourth-order valence-corrected chi connectivity index (χ4v) is 1.15. The van der Waals surface area contributed by atoms with E-state index < -0.39 is 0 Å². The molecular formula is C10H11N3S. The highest BCUT2D eigenvalue weighted by molar-refractivity contribution is 7.80. The van der Waals surface area contributed by atoms with Crippen molar-refractivity contribution in [2.45, 2.75) is 6.42 Å². The van der Waals surface area contributed by atoms with Crippen molar-refractivity contribution in [2.24, 2.45) is 0 Å². The van der Waals surface area contributed by atoms with Crippen LogP contribution in [-0.2, 0) is 0 Å². The van der Waals surface area contributed by atoms with Crippen molar-refractivity contribution in [3.63, 3.8) is 0 Å². The lowest BCUT2D eigenvalue weighted by Crippen LogP contribution is -2.28. The van der Waals surface area contributed by atoms with Crippen molar-refractivity contribution in [1.82, 2.24) is 5.32 Å². The van der Waals surface area contributed by atoms with E-state index in [0.717, 1.165) is 5.69 Å². The van der Waals surface area contributed by atoms with Gasteiger partial charge in [-0.25, -0.2) is 0 Å². The molecule has 1 aromatic rings. The Labute approximate surface area is 88.7 Å². The third-order valence-electron chi connectivity index (χ3n) is 1.55. The lowest BCUT2D eigenvalue weighted by atomic mass is 10.3. The van der Waals surface area contributed by atoms with Crippen LogP contribution in [0.4, 0.5) is 5.69 Å². The predicted molar refractivity (Wildman–Crippen MR) is 60.9 cm³/mol. The number of nitrogens with one attached hydrogen (secondary N) is 2. The summed E-state index contributed by atoms with van der Waals surface area (Å²) >= 11 is 5.02. The molecule has 0 amide bonds. The SMILES string of the molecule is N#CCCNC(=S)Nc1ccccc1. The molecule has 14 heavy (non-hydrogen) atoms. The highest BCUT2D eigenvalue weighted by Crippen LogP contribution is 2.03. The molecule has 0 aliphatic rings. The Kier molecular flexibility index (Phi) is 4.45. The first kappa shape index (κ1) is 10.5. The van der Waals surface area contributed by atoms with E-state index in [1.807, 2.05) is 36.4 Å². The summed E-state index contributed by atoms with van der Waals surface area (Å²) in [5.74, 6) is 0. The number of para-hydroxylation sites is 1. The fraction of sp³-hybridized carbons (Fsp3) is 0.200. The van der Waals surface area contributed by atoms with Crippen molar-refractivity contribution in [3.8, 4) is 6.07 Å². The molecule has 0 aliphatic carbocycles. The van der Waals surface area contributed by atoms with Gasteiger partial charge in [0.15, 0.2) is 5.11 Å². The maximum Gasteiger partial charge on any atom is 0.170 e. The molecule has 0 atom stereocenters. The Bertz CT molecular complexity index is 329.